The molecule has 0 radical (unpaired) electrons. The molecule has 2 aromatic heterocycles. The van der Waals surface area contributed by atoms with Crippen LogP contribution in [0.1, 0.15) is 5.56 Å². The van der Waals surface area contributed by atoms with Crippen molar-refractivity contribution >= 4 is 64.2 Å². The topological polar surface area (TPSA) is 162 Å². The smallest absolute Gasteiger partial charge is 0.324 e. The molecule has 202 valence electrons. The number of nitrogens with zero attached hydrogens (tertiary/aromatic N) is 2. The summed E-state index contributed by atoms with van der Waals surface area (Å²) >= 11 is 18.9. The molecule has 0 spiro atoms. The molecule has 39 heavy (non-hydrogen) atoms. The molecular weight excluding hydrogens is 573 g/mol. The van der Waals surface area contributed by atoms with Gasteiger partial charge in [0.15, 0.2) is 0 Å². The van der Waals surface area contributed by atoms with Crippen LogP contribution in [0.4, 0.5) is 26.9 Å². The minimum Gasteiger partial charge on any atom is -0.456 e. The van der Waals surface area contributed by atoms with E-state index in [2.05, 4.69) is 31.3 Å². The summed E-state index contributed by atoms with van der Waals surface area (Å²) in [5, 5.41) is 22.3. The Morgan fingerprint density at radius 2 is 1.79 bits per heavy atom. The van der Waals surface area contributed by atoms with Gasteiger partial charge in [-0.05, 0) is 35.9 Å². The molecule has 4 aromatic rings. The minimum absolute atomic E-state index is 0.0000786. The number of anilines is 3. The second-order valence-electron chi connectivity index (χ2n) is 7.78. The monoisotopic (exact) mass is 591 g/mol. The molecule has 6 N–H and O–H groups in total. The lowest BCUT2D eigenvalue weighted by Crippen LogP contribution is -2.24. The van der Waals surface area contributed by atoms with Gasteiger partial charge in [0.05, 0.1) is 23.0 Å². The quantitative estimate of drug-likeness (QED) is 0.173. The first-order valence-corrected chi connectivity index (χ1v) is 12.2. The molecule has 2 heterocycles. The highest BCUT2D eigenvalue weighted by atomic mass is 35.5. The lowest BCUT2D eigenvalue weighted by atomic mass is 10.2. The molecule has 0 aliphatic rings. The molecule has 0 aliphatic carbocycles. The van der Waals surface area contributed by atoms with Gasteiger partial charge in [-0.1, -0.05) is 40.9 Å². The second-order valence-corrected chi connectivity index (χ2v) is 8.94. The Balaban J connectivity index is 1.49. The minimum atomic E-state index is -0.716. The number of H-pyrrole nitrogens is 1. The zero-order chi connectivity index (χ0) is 28.1. The number of benzene rings is 2. The number of hydrogen-bond donors (Lipinski definition) is 6. The number of nitrogens with one attached hydrogen (secondary N) is 5. The van der Waals surface area contributed by atoms with Gasteiger partial charge < -0.3 is 20.5 Å². The summed E-state index contributed by atoms with van der Waals surface area (Å²) in [4.78, 5) is 40.3. The van der Waals surface area contributed by atoms with Gasteiger partial charge in [-0.15, -0.1) is 0 Å². The number of hydrogen-bond acceptors (Lipinski definition) is 6. The highest BCUT2D eigenvalue weighted by molar-refractivity contribution is 6.45. The van der Waals surface area contributed by atoms with Crippen LogP contribution in [0.2, 0.25) is 15.1 Å². The third-order valence-corrected chi connectivity index (χ3v) is 6.38. The van der Waals surface area contributed by atoms with E-state index in [1.165, 1.54) is 48.3 Å². The summed E-state index contributed by atoms with van der Waals surface area (Å²) in [5.74, 6) is 0.878. The van der Waals surface area contributed by atoms with E-state index in [0.717, 1.165) is 0 Å². The molecule has 15 heteroatoms. The number of carbonyl (C=O) groups excluding carboxylic acids is 2. The van der Waals surface area contributed by atoms with Gasteiger partial charge in [-0.2, -0.15) is 0 Å². The highest BCUT2D eigenvalue weighted by Crippen LogP contribution is 2.39. The van der Waals surface area contributed by atoms with Gasteiger partial charge in [0.1, 0.15) is 28.2 Å². The van der Waals surface area contributed by atoms with Crippen molar-refractivity contribution in [1.82, 2.24) is 20.1 Å². The van der Waals surface area contributed by atoms with Crippen LogP contribution < -0.4 is 31.6 Å². The molecule has 0 saturated carbocycles. The van der Waals surface area contributed by atoms with Gasteiger partial charge in [0.25, 0.3) is 5.56 Å². The van der Waals surface area contributed by atoms with Crippen LogP contribution in [-0.2, 0) is 6.61 Å². The van der Waals surface area contributed by atoms with Crippen LogP contribution in [0.15, 0.2) is 59.5 Å². The van der Waals surface area contributed by atoms with Crippen molar-refractivity contribution in [3.63, 3.8) is 0 Å². The van der Waals surface area contributed by atoms with Gasteiger partial charge in [0, 0.05) is 30.4 Å². The maximum absolute atomic E-state index is 12.7. The van der Waals surface area contributed by atoms with Crippen LogP contribution in [-0.4, -0.2) is 39.0 Å². The standard InChI is InChI=1S/C24H20Cl3N7O5/c1-28-23(37)31-18-9-14(6-7-29-18)39-17-5-4-16(21(26)22(17)27)30-24(38)32-19-10-20(36)33-34(19)13-3-2-12(11-35)15(25)8-13/h2-10,35H,11H2,1H3,(H,33,36)(H2,30,32,38)(H2,28,29,31,37). The fourth-order valence-corrected chi connectivity index (χ4v) is 3.96. The third kappa shape index (κ3) is 6.62. The Hall–Kier alpha value is -4.23. The van der Waals surface area contributed by atoms with Crippen molar-refractivity contribution in [1.29, 1.82) is 0 Å². The molecule has 0 saturated heterocycles. The number of rotatable bonds is 7. The fraction of sp³-hybridized carbons (Fsp3) is 0.0833. The van der Waals surface area contributed by atoms with E-state index in [-0.39, 0.29) is 44.7 Å². The van der Waals surface area contributed by atoms with Gasteiger partial charge in [-0.25, -0.2) is 19.3 Å². The van der Waals surface area contributed by atoms with Crippen LogP contribution in [0.25, 0.3) is 5.69 Å². The molecule has 0 bridgehead atoms. The van der Waals surface area contributed by atoms with E-state index in [4.69, 9.17) is 39.5 Å². The first kappa shape index (κ1) is 27.8. The predicted octanol–water partition coefficient (Wildman–Crippen LogP) is 5.20. The van der Waals surface area contributed by atoms with Crippen LogP contribution in [0.5, 0.6) is 11.5 Å². The Bertz CT molecular complexity index is 1610. The molecule has 0 aliphatic heterocycles. The van der Waals surface area contributed by atoms with Gasteiger partial charge in [-0.3, -0.25) is 20.5 Å². The summed E-state index contributed by atoms with van der Waals surface area (Å²) in [6.07, 6.45) is 1.44. The van der Waals surface area contributed by atoms with E-state index in [1.54, 1.807) is 18.2 Å². The highest BCUT2D eigenvalue weighted by Gasteiger charge is 2.16. The molecule has 4 rings (SSSR count). The maximum atomic E-state index is 12.7. The van der Waals surface area contributed by atoms with Gasteiger partial charge >= 0.3 is 12.1 Å². The first-order chi connectivity index (χ1) is 18.7. The summed E-state index contributed by atoms with van der Waals surface area (Å²) in [6, 6.07) is 10.8. The zero-order valence-electron chi connectivity index (χ0n) is 20.0. The predicted molar refractivity (Wildman–Crippen MR) is 149 cm³/mol. The second kappa shape index (κ2) is 12.1. The van der Waals surface area contributed by atoms with E-state index >= 15 is 0 Å². The van der Waals surface area contributed by atoms with Crippen LogP contribution in [0.3, 0.4) is 0 Å². The molecule has 0 fully saturated rings. The van der Waals surface area contributed by atoms with E-state index in [0.29, 0.717) is 17.0 Å². The lowest BCUT2D eigenvalue weighted by Gasteiger charge is -2.14. The number of urea groups is 2. The number of aliphatic hydroxyl groups is 1. The SMILES string of the molecule is CNC(=O)Nc1cc(Oc2ccc(NC(=O)Nc3cc(=O)[nH]n3-c3ccc(CO)c(Cl)c3)c(Cl)c2Cl)ccn1. The number of aliphatic hydroxyl groups excluding tert-OH is 1. The number of ether oxygens (including phenoxy) is 1. The average molecular weight is 593 g/mol. The Morgan fingerprint density at radius 3 is 2.51 bits per heavy atom. The average Bonchev–Trinajstić information content (AvgIpc) is 3.28. The van der Waals surface area contributed by atoms with Crippen molar-refractivity contribution in [3.05, 3.63) is 85.7 Å². The van der Waals surface area contributed by atoms with Crippen molar-refractivity contribution in [2.45, 2.75) is 6.61 Å². The molecule has 12 nitrogen and oxygen atoms in total. The molecule has 0 atom stereocenters. The van der Waals surface area contributed by atoms with Gasteiger partial charge in [0.2, 0.25) is 0 Å². The van der Waals surface area contributed by atoms with Crippen molar-refractivity contribution in [2.75, 3.05) is 23.0 Å². The normalized spacial score (nSPS) is 10.6. The lowest BCUT2D eigenvalue weighted by molar-refractivity contribution is 0.254. The summed E-state index contributed by atoms with van der Waals surface area (Å²) in [5.41, 5.74) is 0.649. The Morgan fingerprint density at radius 1 is 1.00 bits per heavy atom. The number of aromatic nitrogens is 3. The molecular formula is C24H20Cl3N7O5. The molecule has 0 unspecified atom stereocenters. The largest absolute Gasteiger partial charge is 0.456 e. The summed E-state index contributed by atoms with van der Waals surface area (Å²) in [6.45, 7) is -0.250. The molecule has 4 amide bonds. The number of halogens is 3. The van der Waals surface area contributed by atoms with Crippen LogP contribution in [0, 0.1) is 0 Å². The number of amides is 4. The number of aromatic amines is 1. The summed E-state index contributed by atoms with van der Waals surface area (Å²) < 4.78 is 7.09. The summed E-state index contributed by atoms with van der Waals surface area (Å²) in [7, 11) is 1.47. The number of pyridine rings is 1. The van der Waals surface area contributed by atoms with E-state index < -0.39 is 17.6 Å². The van der Waals surface area contributed by atoms with Crippen molar-refractivity contribution in [2.24, 2.45) is 0 Å². The van der Waals surface area contributed by atoms with E-state index in [1.807, 2.05) is 0 Å². The van der Waals surface area contributed by atoms with E-state index in [9.17, 15) is 19.5 Å². The van der Waals surface area contributed by atoms with Crippen LogP contribution >= 0.6 is 34.8 Å². The first-order valence-electron chi connectivity index (χ1n) is 11.1. The van der Waals surface area contributed by atoms with Crippen molar-refractivity contribution in [3.8, 4) is 17.2 Å². The number of carbonyl (C=O) groups is 2. The fourth-order valence-electron chi connectivity index (χ4n) is 3.32. The molecule has 2 aromatic carbocycles. The third-order valence-electron chi connectivity index (χ3n) is 5.16. The maximum Gasteiger partial charge on any atom is 0.324 e. The Labute approximate surface area is 235 Å². The Kier molecular flexibility index (Phi) is 8.62. The van der Waals surface area contributed by atoms with Crippen molar-refractivity contribution < 1.29 is 19.4 Å². The zero-order valence-corrected chi connectivity index (χ0v) is 22.3.